The third-order valence-electron chi connectivity index (χ3n) is 4.16. The summed E-state index contributed by atoms with van der Waals surface area (Å²) in [5.41, 5.74) is 11.1. The van der Waals surface area contributed by atoms with Crippen LogP contribution in [0.1, 0.15) is 46.5 Å². The minimum absolute atomic E-state index is 0.0466. The fraction of sp³-hybridized carbons (Fsp3) is 0.778. The van der Waals surface area contributed by atoms with E-state index in [1.807, 2.05) is 13.8 Å². The molecule has 4 atom stereocenters. The number of hydrogen-bond acceptors (Lipinski definition) is 7. The molecule has 0 aromatic carbocycles. The van der Waals surface area contributed by atoms with Crippen molar-refractivity contribution in [2.24, 2.45) is 17.4 Å². The van der Waals surface area contributed by atoms with Gasteiger partial charge in [0.25, 0.3) is 0 Å². The molecule has 0 aliphatic carbocycles. The van der Waals surface area contributed by atoms with Gasteiger partial charge in [-0.1, -0.05) is 13.8 Å². The highest BCUT2D eigenvalue weighted by Gasteiger charge is 2.29. The van der Waals surface area contributed by atoms with Gasteiger partial charge in [-0.2, -0.15) is 0 Å². The van der Waals surface area contributed by atoms with Crippen molar-refractivity contribution in [2.45, 2.75) is 70.7 Å². The van der Waals surface area contributed by atoms with Crippen molar-refractivity contribution in [2.75, 3.05) is 13.1 Å². The Morgan fingerprint density at radius 1 is 0.931 bits per heavy atom. The van der Waals surface area contributed by atoms with Crippen LogP contribution in [0.15, 0.2) is 0 Å². The van der Waals surface area contributed by atoms with Crippen LogP contribution in [0.4, 0.5) is 0 Å². The topological polar surface area (TPSA) is 197 Å². The van der Waals surface area contributed by atoms with E-state index >= 15 is 0 Å². The van der Waals surface area contributed by atoms with Gasteiger partial charge in [0.15, 0.2) is 0 Å². The van der Waals surface area contributed by atoms with Gasteiger partial charge in [-0.3, -0.25) is 19.2 Å². The van der Waals surface area contributed by atoms with E-state index in [2.05, 4.69) is 16.0 Å². The molecule has 0 saturated carbocycles. The predicted octanol–water partition coefficient (Wildman–Crippen LogP) is -1.96. The molecule has 9 N–H and O–H groups in total. The summed E-state index contributed by atoms with van der Waals surface area (Å²) in [4.78, 5) is 47.9. The number of carbonyl (C=O) groups is 4. The lowest BCUT2D eigenvalue weighted by molar-refractivity contribution is -0.138. The second-order valence-electron chi connectivity index (χ2n) is 7.41. The molecule has 0 rings (SSSR count). The van der Waals surface area contributed by atoms with Crippen LogP contribution >= 0.6 is 0 Å². The molecule has 4 unspecified atom stereocenters. The number of carboxylic acid groups (broad SMARTS) is 1. The average Bonchev–Trinajstić information content (AvgIpc) is 2.63. The molecule has 0 fully saturated rings. The summed E-state index contributed by atoms with van der Waals surface area (Å²) < 4.78 is 0. The first kappa shape index (κ1) is 26.8. The molecular weight excluding hydrogens is 382 g/mol. The van der Waals surface area contributed by atoms with Crippen molar-refractivity contribution in [1.29, 1.82) is 0 Å². The van der Waals surface area contributed by atoms with E-state index in [0.717, 1.165) is 0 Å². The van der Waals surface area contributed by atoms with Crippen LogP contribution in [0.5, 0.6) is 0 Å². The maximum atomic E-state index is 12.7. The lowest BCUT2D eigenvalue weighted by Gasteiger charge is -2.25. The van der Waals surface area contributed by atoms with Crippen LogP contribution in [-0.4, -0.2) is 71.2 Å². The van der Waals surface area contributed by atoms with Crippen molar-refractivity contribution in [1.82, 2.24) is 16.0 Å². The highest BCUT2D eigenvalue weighted by molar-refractivity contribution is 5.93. The number of carboxylic acids is 1. The Bertz CT molecular complexity index is 555. The summed E-state index contributed by atoms with van der Waals surface area (Å²) in [6.45, 7) is 4.93. The Labute approximate surface area is 171 Å². The number of nitrogens with two attached hydrogens (primary N) is 2. The zero-order valence-corrected chi connectivity index (χ0v) is 17.3. The third kappa shape index (κ3) is 11.4. The molecule has 0 heterocycles. The highest BCUT2D eigenvalue weighted by atomic mass is 16.4. The molecule has 0 bridgehead atoms. The van der Waals surface area contributed by atoms with Crippen LogP contribution in [0, 0.1) is 5.92 Å². The van der Waals surface area contributed by atoms with Gasteiger partial charge in [-0.15, -0.1) is 0 Å². The smallest absolute Gasteiger partial charge is 0.322 e. The van der Waals surface area contributed by atoms with E-state index in [1.54, 1.807) is 0 Å². The van der Waals surface area contributed by atoms with Crippen LogP contribution in [0.2, 0.25) is 0 Å². The molecule has 0 radical (unpaired) electrons. The van der Waals surface area contributed by atoms with Crippen molar-refractivity contribution < 1.29 is 29.4 Å². The van der Waals surface area contributed by atoms with Crippen LogP contribution in [0.25, 0.3) is 0 Å². The van der Waals surface area contributed by atoms with E-state index in [9.17, 15) is 24.3 Å². The molecule has 0 aromatic heterocycles. The van der Waals surface area contributed by atoms with Gasteiger partial charge in [0, 0.05) is 0 Å². The predicted molar refractivity (Wildman–Crippen MR) is 107 cm³/mol. The maximum Gasteiger partial charge on any atom is 0.322 e. The number of aliphatic hydroxyl groups is 1. The maximum absolute atomic E-state index is 12.7. The van der Waals surface area contributed by atoms with Gasteiger partial charge in [0.1, 0.15) is 24.7 Å². The summed E-state index contributed by atoms with van der Waals surface area (Å²) >= 11 is 0. The number of aliphatic carboxylic acids is 1. The first-order valence-electron chi connectivity index (χ1n) is 9.73. The molecule has 0 aliphatic rings. The normalized spacial score (nSPS) is 15.1. The molecule has 0 aliphatic heterocycles. The minimum Gasteiger partial charge on any atom is -0.480 e. The van der Waals surface area contributed by atoms with Gasteiger partial charge in [0.05, 0.1) is 6.10 Å². The van der Waals surface area contributed by atoms with E-state index in [4.69, 9.17) is 16.6 Å². The number of aliphatic hydroxyl groups excluding tert-OH is 1. The molecule has 168 valence electrons. The van der Waals surface area contributed by atoms with Crippen molar-refractivity contribution >= 4 is 23.7 Å². The Morgan fingerprint density at radius 3 is 2.00 bits per heavy atom. The third-order valence-corrected chi connectivity index (χ3v) is 4.16. The van der Waals surface area contributed by atoms with E-state index < -0.39 is 54.5 Å². The Balaban J connectivity index is 5.22. The number of hydrogen-bond donors (Lipinski definition) is 7. The highest BCUT2D eigenvalue weighted by Crippen LogP contribution is 2.08. The van der Waals surface area contributed by atoms with Gasteiger partial charge in [-0.25, -0.2) is 0 Å². The van der Waals surface area contributed by atoms with Gasteiger partial charge < -0.3 is 37.6 Å². The number of unbranched alkanes of at least 4 members (excludes halogenated alkanes) is 1. The zero-order chi connectivity index (χ0) is 22.6. The molecule has 29 heavy (non-hydrogen) atoms. The fourth-order valence-electron chi connectivity index (χ4n) is 2.51. The molecule has 0 saturated heterocycles. The van der Waals surface area contributed by atoms with Gasteiger partial charge in [0.2, 0.25) is 17.7 Å². The summed E-state index contributed by atoms with van der Waals surface area (Å²) in [6.07, 6.45) is 0.646. The average molecular weight is 418 g/mol. The largest absolute Gasteiger partial charge is 0.480 e. The molecule has 0 spiro atoms. The van der Waals surface area contributed by atoms with Crippen LogP contribution in [-0.2, 0) is 19.2 Å². The number of rotatable bonds is 14. The Hall–Kier alpha value is -2.24. The van der Waals surface area contributed by atoms with Crippen LogP contribution < -0.4 is 27.4 Å². The number of nitrogens with one attached hydrogen (secondary N) is 3. The molecule has 11 nitrogen and oxygen atoms in total. The minimum atomic E-state index is -1.21. The van der Waals surface area contributed by atoms with Crippen molar-refractivity contribution in [3.63, 3.8) is 0 Å². The van der Waals surface area contributed by atoms with E-state index in [0.29, 0.717) is 19.4 Å². The first-order valence-corrected chi connectivity index (χ1v) is 9.73. The Morgan fingerprint density at radius 2 is 1.52 bits per heavy atom. The summed E-state index contributed by atoms with van der Waals surface area (Å²) in [5, 5.41) is 25.5. The van der Waals surface area contributed by atoms with E-state index in [1.165, 1.54) is 6.92 Å². The molecule has 11 heteroatoms. The van der Waals surface area contributed by atoms with Crippen molar-refractivity contribution in [3.05, 3.63) is 0 Å². The second kappa shape index (κ2) is 13.9. The summed E-state index contributed by atoms with van der Waals surface area (Å²) in [7, 11) is 0. The first-order chi connectivity index (χ1) is 13.5. The lowest BCUT2D eigenvalue weighted by Crippen LogP contribution is -2.57. The number of amides is 3. The fourth-order valence-corrected chi connectivity index (χ4v) is 2.51. The SMILES string of the molecule is CC(C)CC(NC(=O)C(N)C(C)O)C(=O)NC(CCCCN)C(=O)NCC(=O)O. The van der Waals surface area contributed by atoms with Gasteiger partial charge >= 0.3 is 5.97 Å². The zero-order valence-electron chi connectivity index (χ0n) is 17.3. The summed E-state index contributed by atoms with van der Waals surface area (Å²) in [5.74, 6) is -3.07. The van der Waals surface area contributed by atoms with Crippen LogP contribution in [0.3, 0.4) is 0 Å². The molecule has 3 amide bonds. The monoisotopic (exact) mass is 417 g/mol. The molecule has 0 aromatic rings. The Kier molecular flexibility index (Phi) is 12.8. The molecular formula is C18H35N5O6. The lowest BCUT2D eigenvalue weighted by atomic mass is 10.0. The number of carbonyl (C=O) groups excluding carboxylic acids is 3. The summed E-state index contributed by atoms with van der Waals surface area (Å²) in [6, 6.07) is -3.13. The standard InChI is InChI=1S/C18H35N5O6/c1-10(2)8-13(23-18(29)15(20)11(3)24)17(28)22-12(6-4-5-7-19)16(27)21-9-14(25)26/h10-13,15,24H,4-9,19-20H2,1-3H3,(H,21,27)(H,22,28)(H,23,29)(H,25,26). The quantitative estimate of drug-likeness (QED) is 0.158. The van der Waals surface area contributed by atoms with Gasteiger partial charge in [-0.05, 0) is 45.1 Å². The second-order valence-corrected chi connectivity index (χ2v) is 7.41. The van der Waals surface area contributed by atoms with Crippen molar-refractivity contribution in [3.8, 4) is 0 Å². The van der Waals surface area contributed by atoms with E-state index in [-0.39, 0.29) is 18.8 Å².